The van der Waals surface area contributed by atoms with E-state index in [1.807, 2.05) is 13.0 Å². The fourth-order valence-corrected chi connectivity index (χ4v) is 3.37. The summed E-state index contributed by atoms with van der Waals surface area (Å²) in [5.41, 5.74) is 7.37. The van der Waals surface area contributed by atoms with E-state index in [-0.39, 0.29) is 11.9 Å². The highest BCUT2D eigenvalue weighted by molar-refractivity contribution is 5.95. The van der Waals surface area contributed by atoms with Gasteiger partial charge in [0.25, 0.3) is 0 Å². The molecule has 0 spiro atoms. The maximum atomic E-state index is 7.54. The van der Waals surface area contributed by atoms with Crippen LogP contribution in [0.15, 0.2) is 12.1 Å². The molecule has 1 aromatic heterocycles. The van der Waals surface area contributed by atoms with E-state index in [9.17, 15) is 0 Å². The molecule has 0 radical (unpaired) electrons. The molecule has 3 N–H and O–H groups in total. The minimum atomic E-state index is 0.0534. The van der Waals surface area contributed by atoms with Crippen LogP contribution in [0.1, 0.15) is 51.3 Å². The Labute approximate surface area is 121 Å². The van der Waals surface area contributed by atoms with Crippen molar-refractivity contribution in [3.63, 3.8) is 0 Å². The van der Waals surface area contributed by atoms with E-state index in [1.54, 1.807) is 6.07 Å². The third kappa shape index (κ3) is 3.71. The predicted molar refractivity (Wildman–Crippen MR) is 81.2 cm³/mol. The van der Waals surface area contributed by atoms with Crippen LogP contribution in [0.4, 0.5) is 0 Å². The predicted octanol–water partition coefficient (Wildman–Crippen LogP) is 3.27. The first-order valence-corrected chi connectivity index (χ1v) is 7.25. The molecular weight excluding hydrogens is 250 g/mol. The van der Waals surface area contributed by atoms with Crippen LogP contribution in [-0.4, -0.2) is 16.9 Å². The molecule has 1 heterocycles. The summed E-state index contributed by atoms with van der Waals surface area (Å²) in [6.07, 6.45) is 3.55. The second-order valence-corrected chi connectivity index (χ2v) is 6.90. The van der Waals surface area contributed by atoms with Gasteiger partial charge in [-0.3, -0.25) is 5.41 Å². The summed E-state index contributed by atoms with van der Waals surface area (Å²) in [6, 6.07) is 3.57. The number of nitrogens with zero attached hydrogens (tertiary/aromatic N) is 1. The highest BCUT2D eigenvalue weighted by Gasteiger charge is 2.33. The molecule has 2 unspecified atom stereocenters. The fourth-order valence-electron chi connectivity index (χ4n) is 3.37. The van der Waals surface area contributed by atoms with Crippen LogP contribution in [0.5, 0.6) is 5.88 Å². The van der Waals surface area contributed by atoms with Crippen molar-refractivity contribution in [1.82, 2.24) is 4.98 Å². The molecule has 1 aliphatic carbocycles. The number of amidine groups is 1. The zero-order chi connectivity index (χ0) is 14.9. The van der Waals surface area contributed by atoms with E-state index in [2.05, 4.69) is 25.8 Å². The normalized spacial score (nSPS) is 25.2. The Bertz CT molecular complexity index is 510. The Hall–Kier alpha value is -1.58. The highest BCUT2D eigenvalue weighted by Crippen LogP contribution is 2.39. The Morgan fingerprint density at radius 3 is 2.70 bits per heavy atom. The minimum Gasteiger partial charge on any atom is -0.474 e. The number of hydrogen-bond donors (Lipinski definition) is 2. The van der Waals surface area contributed by atoms with Gasteiger partial charge in [-0.2, -0.15) is 0 Å². The summed E-state index contributed by atoms with van der Waals surface area (Å²) in [5, 5.41) is 7.54. The Kier molecular flexibility index (Phi) is 4.02. The first kappa shape index (κ1) is 14.8. The first-order valence-electron chi connectivity index (χ1n) is 7.25. The SMILES string of the molecule is Cc1cc(C(=N)N)cc(OC2CC(C)CC(C)(C)C2)n1. The first-order chi connectivity index (χ1) is 9.25. The number of nitrogens with two attached hydrogens (primary N) is 1. The molecule has 1 fully saturated rings. The summed E-state index contributed by atoms with van der Waals surface area (Å²) >= 11 is 0. The third-order valence-electron chi connectivity index (χ3n) is 3.87. The van der Waals surface area contributed by atoms with Gasteiger partial charge in [0.1, 0.15) is 11.9 Å². The van der Waals surface area contributed by atoms with Gasteiger partial charge in [0.15, 0.2) is 0 Å². The number of pyridine rings is 1. The van der Waals surface area contributed by atoms with Gasteiger partial charge in [0.2, 0.25) is 5.88 Å². The Balaban J connectivity index is 2.15. The van der Waals surface area contributed by atoms with Crippen LogP contribution in [0.3, 0.4) is 0 Å². The van der Waals surface area contributed by atoms with Crippen molar-refractivity contribution < 1.29 is 4.74 Å². The van der Waals surface area contributed by atoms with Crippen LogP contribution in [0.25, 0.3) is 0 Å². The highest BCUT2D eigenvalue weighted by atomic mass is 16.5. The lowest BCUT2D eigenvalue weighted by Gasteiger charge is -2.38. The molecule has 0 saturated heterocycles. The molecule has 0 aliphatic heterocycles. The number of rotatable bonds is 3. The van der Waals surface area contributed by atoms with Crippen LogP contribution >= 0.6 is 0 Å². The zero-order valence-electron chi connectivity index (χ0n) is 12.9. The van der Waals surface area contributed by atoms with Crippen molar-refractivity contribution in [3.05, 3.63) is 23.4 Å². The van der Waals surface area contributed by atoms with Gasteiger partial charge >= 0.3 is 0 Å². The molecule has 1 saturated carbocycles. The van der Waals surface area contributed by atoms with E-state index >= 15 is 0 Å². The second-order valence-electron chi connectivity index (χ2n) is 6.90. The van der Waals surface area contributed by atoms with E-state index in [1.165, 1.54) is 6.42 Å². The van der Waals surface area contributed by atoms with Gasteiger partial charge < -0.3 is 10.5 Å². The summed E-state index contributed by atoms with van der Waals surface area (Å²) < 4.78 is 6.07. The van der Waals surface area contributed by atoms with Crippen LogP contribution in [0.2, 0.25) is 0 Å². The van der Waals surface area contributed by atoms with Crippen LogP contribution in [0, 0.1) is 23.7 Å². The lowest BCUT2D eigenvalue weighted by atomic mass is 9.71. The van der Waals surface area contributed by atoms with Crippen molar-refractivity contribution in [2.24, 2.45) is 17.1 Å². The average molecular weight is 275 g/mol. The number of ether oxygens (including phenoxy) is 1. The summed E-state index contributed by atoms with van der Waals surface area (Å²) in [5.74, 6) is 1.31. The smallest absolute Gasteiger partial charge is 0.214 e. The van der Waals surface area contributed by atoms with E-state index in [4.69, 9.17) is 15.9 Å². The zero-order valence-corrected chi connectivity index (χ0v) is 12.9. The molecule has 2 rings (SSSR count). The standard InChI is InChI=1S/C16H25N3O/c1-10-5-13(9-16(3,4)8-10)20-14-7-12(15(17)18)6-11(2)19-14/h6-7,10,13H,5,8-9H2,1-4H3,(H3,17,18). The van der Waals surface area contributed by atoms with Crippen molar-refractivity contribution in [2.75, 3.05) is 0 Å². The molecule has 2 atom stereocenters. The van der Waals surface area contributed by atoms with Gasteiger partial charge in [0, 0.05) is 17.3 Å². The molecular formula is C16H25N3O. The quantitative estimate of drug-likeness (QED) is 0.657. The van der Waals surface area contributed by atoms with Gasteiger partial charge in [-0.25, -0.2) is 4.98 Å². The maximum Gasteiger partial charge on any atom is 0.214 e. The van der Waals surface area contributed by atoms with E-state index in [0.717, 1.165) is 18.5 Å². The molecule has 1 aliphatic rings. The summed E-state index contributed by atoms with van der Waals surface area (Å²) in [7, 11) is 0. The molecule has 4 nitrogen and oxygen atoms in total. The molecule has 0 aromatic carbocycles. The fraction of sp³-hybridized carbons (Fsp3) is 0.625. The van der Waals surface area contributed by atoms with Gasteiger partial charge in [-0.1, -0.05) is 20.8 Å². The third-order valence-corrected chi connectivity index (χ3v) is 3.87. The Morgan fingerprint density at radius 1 is 1.40 bits per heavy atom. The lowest BCUT2D eigenvalue weighted by Crippen LogP contribution is -2.34. The average Bonchev–Trinajstić information content (AvgIpc) is 2.24. The van der Waals surface area contributed by atoms with E-state index in [0.29, 0.717) is 22.8 Å². The molecule has 1 aromatic rings. The molecule has 0 amide bonds. The maximum absolute atomic E-state index is 7.54. The van der Waals surface area contributed by atoms with Crippen molar-refractivity contribution in [3.8, 4) is 5.88 Å². The van der Waals surface area contributed by atoms with Crippen molar-refractivity contribution in [2.45, 2.75) is 53.1 Å². The molecule has 20 heavy (non-hydrogen) atoms. The van der Waals surface area contributed by atoms with Gasteiger partial charge in [-0.15, -0.1) is 0 Å². The topological polar surface area (TPSA) is 72.0 Å². The Morgan fingerprint density at radius 2 is 2.10 bits per heavy atom. The van der Waals surface area contributed by atoms with Crippen LogP contribution in [-0.2, 0) is 0 Å². The monoisotopic (exact) mass is 275 g/mol. The van der Waals surface area contributed by atoms with Crippen molar-refractivity contribution in [1.29, 1.82) is 5.41 Å². The summed E-state index contributed by atoms with van der Waals surface area (Å²) in [6.45, 7) is 8.77. The van der Waals surface area contributed by atoms with Gasteiger partial charge in [0.05, 0.1) is 0 Å². The van der Waals surface area contributed by atoms with Crippen LogP contribution < -0.4 is 10.5 Å². The minimum absolute atomic E-state index is 0.0534. The molecule has 110 valence electrons. The van der Waals surface area contributed by atoms with E-state index < -0.39 is 0 Å². The van der Waals surface area contributed by atoms with Crippen molar-refractivity contribution >= 4 is 5.84 Å². The second kappa shape index (κ2) is 5.43. The largest absolute Gasteiger partial charge is 0.474 e. The number of aromatic nitrogens is 1. The number of aryl methyl sites for hydroxylation is 1. The molecule has 0 bridgehead atoms. The van der Waals surface area contributed by atoms with Gasteiger partial charge in [-0.05, 0) is 43.6 Å². The number of nitrogens with one attached hydrogen (secondary N) is 1. The molecule has 4 heteroatoms. The summed E-state index contributed by atoms with van der Waals surface area (Å²) in [4.78, 5) is 4.41. The lowest BCUT2D eigenvalue weighted by molar-refractivity contribution is 0.0532. The number of hydrogen-bond acceptors (Lipinski definition) is 3. The number of nitrogen functional groups attached to an aromatic ring is 1.